The second-order valence-corrected chi connectivity index (χ2v) is 5.48. The number of ether oxygens (including phenoxy) is 3. The summed E-state index contributed by atoms with van der Waals surface area (Å²) in [6, 6.07) is 5.74. The van der Waals surface area contributed by atoms with E-state index in [-0.39, 0.29) is 0 Å². The molecule has 0 aliphatic rings. The first-order valence-electron chi connectivity index (χ1n) is 8.68. The molecule has 0 aliphatic heterocycles. The summed E-state index contributed by atoms with van der Waals surface area (Å²) in [5.41, 5.74) is 0.900. The SMILES string of the molecule is CCNC(=NCCN(C)CCOC)Nc1ccc(OC)c(OCC)c1. The summed E-state index contributed by atoms with van der Waals surface area (Å²) in [7, 11) is 5.41. The lowest BCUT2D eigenvalue weighted by atomic mass is 10.2. The summed E-state index contributed by atoms with van der Waals surface area (Å²) < 4.78 is 16.0. The molecule has 1 aromatic carbocycles. The predicted octanol–water partition coefficient (Wildman–Crippen LogP) is 2.05. The van der Waals surface area contributed by atoms with E-state index in [9.17, 15) is 0 Å². The third kappa shape index (κ3) is 8.09. The van der Waals surface area contributed by atoms with Crippen LogP contribution in [-0.2, 0) is 4.74 Å². The number of nitrogens with one attached hydrogen (secondary N) is 2. The van der Waals surface area contributed by atoms with Crippen LogP contribution < -0.4 is 20.1 Å². The number of aliphatic imine (C=N–C) groups is 1. The van der Waals surface area contributed by atoms with Gasteiger partial charge >= 0.3 is 0 Å². The highest BCUT2D eigenvalue weighted by molar-refractivity contribution is 5.93. The Bertz CT molecular complexity index is 523. The molecule has 7 nitrogen and oxygen atoms in total. The Morgan fingerprint density at radius 3 is 2.60 bits per heavy atom. The van der Waals surface area contributed by atoms with Crippen LogP contribution in [0.15, 0.2) is 23.2 Å². The second-order valence-electron chi connectivity index (χ2n) is 5.48. The molecule has 7 heteroatoms. The van der Waals surface area contributed by atoms with Crippen molar-refractivity contribution in [2.45, 2.75) is 13.8 Å². The van der Waals surface area contributed by atoms with Gasteiger partial charge < -0.3 is 29.7 Å². The Balaban J connectivity index is 2.70. The van der Waals surface area contributed by atoms with Crippen LogP contribution in [-0.4, -0.2) is 71.5 Å². The fourth-order valence-corrected chi connectivity index (χ4v) is 2.16. The van der Waals surface area contributed by atoms with E-state index in [1.165, 1.54) is 0 Å². The molecule has 0 saturated heterocycles. The maximum Gasteiger partial charge on any atom is 0.195 e. The van der Waals surface area contributed by atoms with E-state index in [2.05, 4.69) is 27.6 Å². The van der Waals surface area contributed by atoms with Gasteiger partial charge in [0.05, 0.1) is 26.9 Å². The first-order valence-corrected chi connectivity index (χ1v) is 8.68. The van der Waals surface area contributed by atoms with Crippen LogP contribution in [0, 0.1) is 0 Å². The van der Waals surface area contributed by atoms with E-state index >= 15 is 0 Å². The fourth-order valence-electron chi connectivity index (χ4n) is 2.16. The van der Waals surface area contributed by atoms with Crippen LogP contribution in [0.3, 0.4) is 0 Å². The zero-order valence-electron chi connectivity index (χ0n) is 16.1. The van der Waals surface area contributed by atoms with Crippen molar-refractivity contribution in [3.63, 3.8) is 0 Å². The summed E-state index contributed by atoms with van der Waals surface area (Å²) in [6.07, 6.45) is 0. The standard InChI is InChI=1S/C18H32N4O3/c1-6-19-18(20-10-11-22(3)12-13-23-4)21-15-8-9-16(24-5)17(14-15)25-7-2/h8-9,14H,6-7,10-13H2,1-5H3,(H2,19,20,21). The molecule has 0 fully saturated rings. The van der Waals surface area contributed by atoms with Crippen LogP contribution in [0.25, 0.3) is 0 Å². The smallest absolute Gasteiger partial charge is 0.195 e. The molecule has 1 rings (SSSR count). The number of benzene rings is 1. The highest BCUT2D eigenvalue weighted by Crippen LogP contribution is 2.30. The maximum atomic E-state index is 5.62. The minimum absolute atomic E-state index is 0.585. The highest BCUT2D eigenvalue weighted by atomic mass is 16.5. The number of anilines is 1. The van der Waals surface area contributed by atoms with Gasteiger partial charge in [-0.05, 0) is 33.0 Å². The van der Waals surface area contributed by atoms with Crippen LogP contribution in [0.1, 0.15) is 13.8 Å². The molecule has 0 heterocycles. The quantitative estimate of drug-likeness (QED) is 0.469. The monoisotopic (exact) mass is 352 g/mol. The first-order chi connectivity index (χ1) is 12.1. The van der Waals surface area contributed by atoms with Gasteiger partial charge in [-0.25, -0.2) is 0 Å². The van der Waals surface area contributed by atoms with Gasteiger partial charge in [0.2, 0.25) is 0 Å². The average Bonchev–Trinajstić information content (AvgIpc) is 2.60. The molecule has 2 N–H and O–H groups in total. The normalized spacial score (nSPS) is 11.5. The summed E-state index contributed by atoms with van der Waals surface area (Å²) in [6.45, 7) is 8.56. The van der Waals surface area contributed by atoms with Gasteiger partial charge in [-0.2, -0.15) is 0 Å². The third-order valence-corrected chi connectivity index (χ3v) is 3.50. The number of nitrogens with zero attached hydrogens (tertiary/aromatic N) is 2. The summed E-state index contributed by atoms with van der Waals surface area (Å²) in [4.78, 5) is 6.81. The number of guanidine groups is 1. The zero-order valence-corrected chi connectivity index (χ0v) is 16.1. The molecular weight excluding hydrogens is 320 g/mol. The number of rotatable bonds is 11. The Kier molecular flexibility index (Phi) is 10.4. The molecule has 0 spiro atoms. The van der Waals surface area contributed by atoms with Crippen molar-refractivity contribution in [1.29, 1.82) is 0 Å². The number of likely N-dealkylation sites (N-methyl/N-ethyl adjacent to an activating group) is 1. The van der Waals surface area contributed by atoms with Crippen molar-refractivity contribution in [1.82, 2.24) is 10.2 Å². The number of hydrogen-bond donors (Lipinski definition) is 2. The van der Waals surface area contributed by atoms with E-state index < -0.39 is 0 Å². The van der Waals surface area contributed by atoms with Crippen molar-refractivity contribution in [2.75, 3.05) is 66.0 Å². The lowest BCUT2D eigenvalue weighted by Gasteiger charge is -2.16. The largest absolute Gasteiger partial charge is 0.493 e. The number of hydrogen-bond acceptors (Lipinski definition) is 5. The topological polar surface area (TPSA) is 67.4 Å². The van der Waals surface area contributed by atoms with Gasteiger partial charge in [-0.15, -0.1) is 0 Å². The fraction of sp³-hybridized carbons (Fsp3) is 0.611. The Labute approximate surface area is 151 Å². The molecule has 0 amide bonds. The van der Waals surface area contributed by atoms with Gasteiger partial charge in [-0.1, -0.05) is 0 Å². The predicted molar refractivity (Wildman–Crippen MR) is 103 cm³/mol. The molecule has 0 radical (unpaired) electrons. The van der Waals surface area contributed by atoms with E-state index in [1.807, 2.05) is 32.0 Å². The second kappa shape index (κ2) is 12.4. The first kappa shape index (κ1) is 21.1. The Morgan fingerprint density at radius 2 is 1.96 bits per heavy atom. The van der Waals surface area contributed by atoms with Crippen LogP contribution in [0.4, 0.5) is 5.69 Å². The summed E-state index contributed by atoms with van der Waals surface area (Å²) >= 11 is 0. The molecule has 0 aliphatic carbocycles. The molecule has 0 saturated carbocycles. The van der Waals surface area contributed by atoms with Crippen molar-refractivity contribution in [2.24, 2.45) is 4.99 Å². The van der Waals surface area contributed by atoms with E-state index in [4.69, 9.17) is 14.2 Å². The molecule has 0 bridgehead atoms. The van der Waals surface area contributed by atoms with Gasteiger partial charge in [0, 0.05) is 38.5 Å². The van der Waals surface area contributed by atoms with Gasteiger partial charge in [-0.3, -0.25) is 4.99 Å². The lowest BCUT2D eigenvalue weighted by molar-refractivity contribution is 0.163. The van der Waals surface area contributed by atoms with Gasteiger partial charge in [0.15, 0.2) is 17.5 Å². The van der Waals surface area contributed by atoms with Crippen molar-refractivity contribution in [3.8, 4) is 11.5 Å². The molecule has 142 valence electrons. The molecule has 0 unspecified atom stereocenters. The van der Waals surface area contributed by atoms with Crippen LogP contribution >= 0.6 is 0 Å². The molecular formula is C18H32N4O3. The summed E-state index contributed by atoms with van der Waals surface area (Å²) in [5.74, 6) is 2.18. The van der Waals surface area contributed by atoms with Crippen molar-refractivity contribution < 1.29 is 14.2 Å². The van der Waals surface area contributed by atoms with E-state index in [0.717, 1.165) is 37.9 Å². The minimum Gasteiger partial charge on any atom is -0.493 e. The summed E-state index contributed by atoms with van der Waals surface area (Å²) in [5, 5.41) is 6.56. The van der Waals surface area contributed by atoms with Gasteiger partial charge in [0.25, 0.3) is 0 Å². The molecule has 0 atom stereocenters. The van der Waals surface area contributed by atoms with Gasteiger partial charge in [0.1, 0.15) is 0 Å². The zero-order chi connectivity index (χ0) is 18.5. The Hall–Kier alpha value is -1.99. The maximum absolute atomic E-state index is 5.62. The number of methoxy groups -OCH3 is 2. The molecule has 25 heavy (non-hydrogen) atoms. The minimum atomic E-state index is 0.585. The molecule has 0 aromatic heterocycles. The third-order valence-electron chi connectivity index (χ3n) is 3.50. The van der Waals surface area contributed by atoms with Crippen LogP contribution in [0.5, 0.6) is 11.5 Å². The van der Waals surface area contributed by atoms with Crippen molar-refractivity contribution >= 4 is 11.6 Å². The molecule has 1 aromatic rings. The Morgan fingerprint density at radius 1 is 1.16 bits per heavy atom. The highest BCUT2D eigenvalue weighted by Gasteiger charge is 2.07. The van der Waals surface area contributed by atoms with E-state index in [0.29, 0.717) is 24.7 Å². The average molecular weight is 352 g/mol. The van der Waals surface area contributed by atoms with Crippen LogP contribution in [0.2, 0.25) is 0 Å². The lowest BCUT2D eigenvalue weighted by Crippen LogP contribution is -2.32. The van der Waals surface area contributed by atoms with Crippen molar-refractivity contribution in [3.05, 3.63) is 18.2 Å². The van der Waals surface area contributed by atoms with E-state index in [1.54, 1.807) is 14.2 Å².